The van der Waals surface area contributed by atoms with E-state index in [2.05, 4.69) is 9.46 Å². The van der Waals surface area contributed by atoms with Gasteiger partial charge in [0.05, 0.1) is 7.11 Å². The van der Waals surface area contributed by atoms with Crippen LogP contribution in [0.2, 0.25) is 0 Å². The number of methoxy groups -OCH3 is 1. The normalized spacial score (nSPS) is 11.9. The molecule has 0 bridgehead atoms. The minimum absolute atomic E-state index is 0.0279. The summed E-state index contributed by atoms with van der Waals surface area (Å²) >= 11 is 1.05. The van der Waals surface area contributed by atoms with Crippen molar-refractivity contribution in [3.63, 3.8) is 0 Å². The van der Waals surface area contributed by atoms with Gasteiger partial charge in [0.1, 0.15) is 9.77 Å². The Balaban J connectivity index is 2.85. The molecule has 1 N–H and O–H groups in total. The van der Waals surface area contributed by atoms with Gasteiger partial charge in [-0.3, -0.25) is 0 Å². The molecule has 0 unspecified atom stereocenters. The fraction of sp³-hybridized carbons (Fsp3) is 0.364. The van der Waals surface area contributed by atoms with Crippen LogP contribution in [0.3, 0.4) is 0 Å². The monoisotopic (exact) mass is 289 g/mol. The Labute approximate surface area is 111 Å². The third-order valence-electron chi connectivity index (χ3n) is 2.13. The molecule has 0 atom stereocenters. The summed E-state index contributed by atoms with van der Waals surface area (Å²) in [7, 11) is -2.44. The Morgan fingerprint density at radius 1 is 1.56 bits per heavy atom. The van der Waals surface area contributed by atoms with Crippen LogP contribution in [0.25, 0.3) is 0 Å². The van der Waals surface area contributed by atoms with E-state index < -0.39 is 16.0 Å². The van der Waals surface area contributed by atoms with Crippen molar-refractivity contribution in [3.8, 4) is 0 Å². The highest BCUT2D eigenvalue weighted by atomic mass is 32.2. The van der Waals surface area contributed by atoms with Crippen molar-refractivity contribution in [3.05, 3.63) is 28.5 Å². The summed E-state index contributed by atoms with van der Waals surface area (Å²) in [6.45, 7) is 2.16. The zero-order chi connectivity index (χ0) is 13.6. The Morgan fingerprint density at radius 2 is 2.28 bits per heavy atom. The van der Waals surface area contributed by atoms with Crippen molar-refractivity contribution in [1.82, 2.24) is 4.72 Å². The van der Waals surface area contributed by atoms with Gasteiger partial charge in [-0.15, -0.1) is 11.3 Å². The fourth-order valence-corrected chi connectivity index (χ4v) is 3.65. The topological polar surface area (TPSA) is 72.5 Å². The van der Waals surface area contributed by atoms with E-state index in [9.17, 15) is 13.2 Å². The molecule has 1 aromatic rings. The van der Waals surface area contributed by atoms with E-state index in [1.807, 2.05) is 19.1 Å². The highest BCUT2D eigenvalue weighted by Gasteiger charge is 2.23. The molecule has 0 aromatic carbocycles. The SMILES string of the molecule is C/C=C/CCNS(=O)(=O)c1ccsc1C(=O)OC. The number of hydrogen-bond acceptors (Lipinski definition) is 5. The molecular formula is C11H15NO4S2. The number of ether oxygens (including phenoxy) is 1. The molecule has 0 saturated carbocycles. The summed E-state index contributed by atoms with van der Waals surface area (Å²) in [4.78, 5) is 11.5. The number of nitrogens with one attached hydrogen (secondary N) is 1. The van der Waals surface area contributed by atoms with Gasteiger partial charge in [0.25, 0.3) is 0 Å². The molecule has 0 radical (unpaired) electrons. The molecule has 5 nitrogen and oxygen atoms in total. The van der Waals surface area contributed by atoms with Gasteiger partial charge in [0, 0.05) is 6.54 Å². The van der Waals surface area contributed by atoms with Crippen LogP contribution in [0.15, 0.2) is 28.5 Å². The van der Waals surface area contributed by atoms with Crippen LogP contribution in [0.5, 0.6) is 0 Å². The first-order valence-electron chi connectivity index (χ1n) is 5.29. The minimum Gasteiger partial charge on any atom is -0.465 e. The first-order valence-corrected chi connectivity index (χ1v) is 7.66. The van der Waals surface area contributed by atoms with Gasteiger partial charge in [-0.25, -0.2) is 17.9 Å². The highest BCUT2D eigenvalue weighted by Crippen LogP contribution is 2.22. The van der Waals surface area contributed by atoms with E-state index in [0.717, 1.165) is 11.3 Å². The van der Waals surface area contributed by atoms with Gasteiger partial charge in [0.15, 0.2) is 0 Å². The Kier molecular flexibility index (Phi) is 5.52. The van der Waals surface area contributed by atoms with Crippen molar-refractivity contribution >= 4 is 27.3 Å². The van der Waals surface area contributed by atoms with E-state index in [0.29, 0.717) is 13.0 Å². The standard InChI is InChI=1S/C11H15NO4S2/c1-3-4-5-7-12-18(14,15)9-6-8-17-10(9)11(13)16-2/h3-4,6,8,12H,5,7H2,1-2H3/b4-3+. The number of esters is 1. The number of allylic oxidation sites excluding steroid dienone is 1. The molecule has 1 aromatic heterocycles. The van der Waals surface area contributed by atoms with Crippen LogP contribution in [0, 0.1) is 0 Å². The van der Waals surface area contributed by atoms with Crippen molar-refractivity contribution < 1.29 is 17.9 Å². The molecular weight excluding hydrogens is 274 g/mol. The lowest BCUT2D eigenvalue weighted by Gasteiger charge is -2.05. The summed E-state index contributed by atoms with van der Waals surface area (Å²) < 4.78 is 30.9. The molecule has 0 fully saturated rings. The fourth-order valence-electron chi connectivity index (χ4n) is 1.27. The van der Waals surface area contributed by atoms with Crippen LogP contribution in [-0.4, -0.2) is 28.0 Å². The lowest BCUT2D eigenvalue weighted by Crippen LogP contribution is -2.25. The van der Waals surface area contributed by atoms with Crippen molar-refractivity contribution in [2.75, 3.05) is 13.7 Å². The van der Waals surface area contributed by atoms with Crippen molar-refractivity contribution in [1.29, 1.82) is 0 Å². The van der Waals surface area contributed by atoms with Crippen LogP contribution >= 0.6 is 11.3 Å². The number of hydrogen-bond donors (Lipinski definition) is 1. The average molecular weight is 289 g/mol. The lowest BCUT2D eigenvalue weighted by atomic mass is 10.4. The van der Waals surface area contributed by atoms with Crippen LogP contribution in [-0.2, 0) is 14.8 Å². The van der Waals surface area contributed by atoms with Gasteiger partial charge in [-0.05, 0) is 24.8 Å². The number of rotatable bonds is 6. The van der Waals surface area contributed by atoms with Gasteiger partial charge < -0.3 is 4.74 Å². The maximum absolute atomic E-state index is 12.0. The average Bonchev–Trinajstić information content (AvgIpc) is 2.83. The zero-order valence-corrected chi connectivity index (χ0v) is 11.8. The summed E-state index contributed by atoms with van der Waals surface area (Å²) in [5.74, 6) is -0.640. The summed E-state index contributed by atoms with van der Waals surface area (Å²) in [5, 5.41) is 1.55. The Hall–Kier alpha value is -1.18. The van der Waals surface area contributed by atoms with E-state index in [1.165, 1.54) is 13.2 Å². The second-order valence-corrected chi connectivity index (χ2v) is 6.01. The van der Waals surface area contributed by atoms with E-state index >= 15 is 0 Å². The molecule has 1 rings (SSSR count). The molecule has 100 valence electrons. The van der Waals surface area contributed by atoms with Gasteiger partial charge in [0.2, 0.25) is 10.0 Å². The van der Waals surface area contributed by atoms with Crippen LogP contribution in [0.1, 0.15) is 23.0 Å². The Bertz CT molecular complexity index is 531. The highest BCUT2D eigenvalue weighted by molar-refractivity contribution is 7.89. The summed E-state index contributed by atoms with van der Waals surface area (Å²) in [6, 6.07) is 1.40. The largest absolute Gasteiger partial charge is 0.465 e. The summed E-state index contributed by atoms with van der Waals surface area (Å²) in [6.07, 6.45) is 4.31. The maximum Gasteiger partial charge on any atom is 0.349 e. The summed E-state index contributed by atoms with van der Waals surface area (Å²) in [5.41, 5.74) is 0. The lowest BCUT2D eigenvalue weighted by molar-refractivity contribution is 0.0602. The molecule has 7 heteroatoms. The molecule has 0 aliphatic carbocycles. The number of carbonyl (C=O) groups is 1. The first kappa shape index (κ1) is 14.9. The van der Waals surface area contributed by atoms with Crippen LogP contribution < -0.4 is 4.72 Å². The maximum atomic E-state index is 12.0. The first-order chi connectivity index (χ1) is 8.53. The predicted octanol–water partition coefficient (Wildman–Crippen LogP) is 1.78. The van der Waals surface area contributed by atoms with Crippen LogP contribution in [0.4, 0.5) is 0 Å². The van der Waals surface area contributed by atoms with Gasteiger partial charge in [-0.1, -0.05) is 12.2 Å². The number of sulfonamides is 1. The van der Waals surface area contributed by atoms with Crippen molar-refractivity contribution in [2.45, 2.75) is 18.2 Å². The molecule has 1 heterocycles. The van der Waals surface area contributed by atoms with Gasteiger partial charge in [-0.2, -0.15) is 0 Å². The second-order valence-electron chi connectivity index (χ2n) is 3.36. The minimum atomic E-state index is -3.66. The predicted molar refractivity (Wildman–Crippen MR) is 70.3 cm³/mol. The molecule has 0 amide bonds. The third-order valence-corrected chi connectivity index (χ3v) is 4.66. The molecule has 0 spiro atoms. The quantitative estimate of drug-likeness (QED) is 0.492. The molecule has 0 aliphatic rings. The molecule has 0 aliphatic heterocycles. The number of carbonyl (C=O) groups excluding carboxylic acids is 1. The van der Waals surface area contributed by atoms with E-state index in [-0.39, 0.29) is 9.77 Å². The molecule has 18 heavy (non-hydrogen) atoms. The van der Waals surface area contributed by atoms with E-state index in [1.54, 1.807) is 5.38 Å². The van der Waals surface area contributed by atoms with Gasteiger partial charge >= 0.3 is 5.97 Å². The number of thiophene rings is 1. The van der Waals surface area contributed by atoms with E-state index in [4.69, 9.17) is 0 Å². The second kappa shape index (κ2) is 6.67. The zero-order valence-electron chi connectivity index (χ0n) is 10.2. The Morgan fingerprint density at radius 3 is 2.89 bits per heavy atom. The third kappa shape index (κ3) is 3.66. The van der Waals surface area contributed by atoms with Crippen molar-refractivity contribution in [2.24, 2.45) is 0 Å². The molecule has 0 saturated heterocycles. The smallest absolute Gasteiger partial charge is 0.349 e.